The molecule has 0 radical (unpaired) electrons. The van der Waals surface area contributed by atoms with Gasteiger partial charge in [0.15, 0.2) is 0 Å². The number of rotatable bonds is 2. The molecule has 4 N–H and O–H groups in total. The Kier molecular flexibility index (Phi) is 43.1. The first kappa shape index (κ1) is 29.4. The summed E-state index contributed by atoms with van der Waals surface area (Å²) in [6, 6.07) is 0. The Balaban J connectivity index is -0.0000000408. The third kappa shape index (κ3) is 31.2. The quantitative estimate of drug-likeness (QED) is 0.319. The van der Waals surface area contributed by atoms with Crippen molar-refractivity contribution < 1.29 is 89.9 Å². The van der Waals surface area contributed by atoms with Crippen molar-refractivity contribution in [3.8, 4) is 0 Å². The maximum absolute atomic E-state index is 9.41. The number of carboxylic acids is 2. The molecular formula is C4H6Na2O6. The molecule has 60 valence electrons. The van der Waals surface area contributed by atoms with Gasteiger partial charge in [-0.15, -0.1) is 0 Å². The van der Waals surface area contributed by atoms with Gasteiger partial charge in [0.05, 0.1) is 11.9 Å². The third-order valence-corrected chi connectivity index (χ3v) is 0.355. The van der Waals surface area contributed by atoms with Crippen molar-refractivity contribution in [1.29, 1.82) is 0 Å². The number of hydrogen-bond acceptors (Lipinski definition) is 4. The van der Waals surface area contributed by atoms with E-state index in [-0.39, 0.29) is 70.1 Å². The van der Waals surface area contributed by atoms with Gasteiger partial charge in [-0.25, -0.2) is 0 Å². The molecule has 0 fully saturated rings. The van der Waals surface area contributed by atoms with Crippen molar-refractivity contribution >= 4 is 11.9 Å². The van der Waals surface area contributed by atoms with E-state index in [0.717, 1.165) is 0 Å². The van der Waals surface area contributed by atoms with Crippen LogP contribution < -0.4 is 69.3 Å². The van der Waals surface area contributed by atoms with Gasteiger partial charge in [-0.3, -0.25) is 0 Å². The van der Waals surface area contributed by atoms with E-state index in [1.165, 1.54) is 0 Å². The average Bonchev–Trinajstić information content (AvgIpc) is 1.61. The van der Waals surface area contributed by atoms with E-state index in [2.05, 4.69) is 0 Å². The van der Waals surface area contributed by atoms with Crippen molar-refractivity contribution in [3.63, 3.8) is 0 Å². The van der Waals surface area contributed by atoms with Gasteiger partial charge < -0.3 is 30.8 Å². The minimum Gasteiger partial charge on any atom is -0.545 e. The van der Waals surface area contributed by atoms with E-state index < -0.39 is 11.9 Å². The van der Waals surface area contributed by atoms with Gasteiger partial charge in [0, 0.05) is 0 Å². The minimum atomic E-state index is -1.55. The van der Waals surface area contributed by atoms with Crippen molar-refractivity contribution in [2.24, 2.45) is 0 Å². The summed E-state index contributed by atoms with van der Waals surface area (Å²) in [5.41, 5.74) is 0. The molecule has 0 bridgehead atoms. The molecule has 0 spiro atoms. The van der Waals surface area contributed by atoms with Crippen LogP contribution in [-0.2, 0) is 9.59 Å². The summed E-state index contributed by atoms with van der Waals surface area (Å²) in [5, 5.41) is 18.8. The fraction of sp³-hybridized carbons (Fsp3) is 0. The van der Waals surface area contributed by atoms with Gasteiger partial charge in [0.2, 0.25) is 0 Å². The number of carboxylic acid groups (broad SMARTS) is 2. The molecule has 0 aliphatic rings. The van der Waals surface area contributed by atoms with Crippen LogP contribution in [-0.4, -0.2) is 22.9 Å². The number of carbonyl (C=O) groups excluding carboxylic acids is 2. The zero-order valence-electron chi connectivity index (χ0n) is 6.79. The summed E-state index contributed by atoms with van der Waals surface area (Å²) in [4.78, 5) is 18.8. The van der Waals surface area contributed by atoms with Crippen LogP contribution in [0.15, 0.2) is 12.2 Å². The zero-order valence-corrected chi connectivity index (χ0v) is 10.8. The maximum Gasteiger partial charge on any atom is 1.00 e. The third-order valence-electron chi connectivity index (χ3n) is 0.355. The minimum absolute atomic E-state index is 0. The van der Waals surface area contributed by atoms with Gasteiger partial charge >= 0.3 is 59.1 Å². The Labute approximate surface area is 113 Å². The predicted molar refractivity (Wildman–Crippen MR) is 26.4 cm³/mol. The number of aliphatic carboxylic acids is 2. The van der Waals surface area contributed by atoms with Crippen LogP contribution >= 0.6 is 0 Å². The molecule has 0 heterocycles. The molecule has 0 aromatic heterocycles. The second-order valence-electron chi connectivity index (χ2n) is 0.971. The SMILES string of the molecule is O.O.O=C([O-])/C=C/C(=O)[O-].[Na+].[Na+]. The van der Waals surface area contributed by atoms with E-state index in [1.54, 1.807) is 0 Å². The summed E-state index contributed by atoms with van der Waals surface area (Å²) in [6.45, 7) is 0. The normalized spacial score (nSPS) is 6.33. The zero-order chi connectivity index (χ0) is 6.57. The number of carbonyl (C=O) groups is 2. The second kappa shape index (κ2) is 17.6. The van der Waals surface area contributed by atoms with Crippen LogP contribution in [0.2, 0.25) is 0 Å². The summed E-state index contributed by atoms with van der Waals surface area (Å²) in [7, 11) is 0. The molecule has 0 saturated heterocycles. The molecule has 8 heteroatoms. The molecule has 0 aliphatic carbocycles. The van der Waals surface area contributed by atoms with Crippen molar-refractivity contribution in [2.45, 2.75) is 0 Å². The first-order chi connectivity index (χ1) is 3.63. The monoisotopic (exact) mass is 196 g/mol. The molecular weight excluding hydrogens is 190 g/mol. The molecule has 0 aliphatic heterocycles. The molecule has 12 heavy (non-hydrogen) atoms. The Morgan fingerprint density at radius 3 is 1.08 bits per heavy atom. The second-order valence-corrected chi connectivity index (χ2v) is 0.971. The Bertz CT molecular complexity index is 128. The fourth-order valence-corrected chi connectivity index (χ4v) is 0.136. The van der Waals surface area contributed by atoms with Gasteiger partial charge in [0.1, 0.15) is 0 Å². The van der Waals surface area contributed by atoms with Gasteiger partial charge in [0.25, 0.3) is 0 Å². The molecule has 0 amide bonds. The standard InChI is InChI=1S/C4H4O4.2Na.2H2O/c5-3(6)1-2-4(7)8;;;;/h1-2H,(H,5,6)(H,7,8);;;2*1H2/q;2*+1;;/p-2/b2-1+;;;;. The topological polar surface area (TPSA) is 143 Å². The van der Waals surface area contributed by atoms with Crippen LogP contribution in [0.4, 0.5) is 0 Å². The maximum atomic E-state index is 9.41. The van der Waals surface area contributed by atoms with Crippen LogP contribution in [0.3, 0.4) is 0 Å². The van der Waals surface area contributed by atoms with Gasteiger partial charge in [-0.1, -0.05) is 0 Å². The first-order valence-electron chi connectivity index (χ1n) is 1.73. The summed E-state index contributed by atoms with van der Waals surface area (Å²) < 4.78 is 0. The Morgan fingerprint density at radius 1 is 0.833 bits per heavy atom. The van der Waals surface area contributed by atoms with Gasteiger partial charge in [-0.2, -0.15) is 0 Å². The fourth-order valence-electron chi connectivity index (χ4n) is 0.136. The molecule has 0 aromatic carbocycles. The molecule has 0 unspecified atom stereocenters. The van der Waals surface area contributed by atoms with Crippen LogP contribution in [0, 0.1) is 0 Å². The predicted octanol–water partition coefficient (Wildman–Crippen LogP) is -10.6. The first-order valence-corrected chi connectivity index (χ1v) is 1.73. The molecule has 0 atom stereocenters. The summed E-state index contributed by atoms with van der Waals surface area (Å²) in [6.07, 6.45) is 0.769. The smallest absolute Gasteiger partial charge is 0.545 e. The van der Waals surface area contributed by atoms with Crippen molar-refractivity contribution in [2.75, 3.05) is 0 Å². The molecule has 0 saturated carbocycles. The van der Waals surface area contributed by atoms with E-state index in [9.17, 15) is 19.8 Å². The Morgan fingerprint density at radius 2 is 1.00 bits per heavy atom. The van der Waals surface area contributed by atoms with E-state index >= 15 is 0 Å². The van der Waals surface area contributed by atoms with Crippen molar-refractivity contribution in [1.82, 2.24) is 0 Å². The van der Waals surface area contributed by atoms with Crippen molar-refractivity contribution in [3.05, 3.63) is 12.2 Å². The molecule has 6 nitrogen and oxygen atoms in total. The van der Waals surface area contributed by atoms with E-state index in [1.807, 2.05) is 0 Å². The van der Waals surface area contributed by atoms with Gasteiger partial charge in [-0.05, 0) is 12.2 Å². The van der Waals surface area contributed by atoms with E-state index in [4.69, 9.17) is 0 Å². The van der Waals surface area contributed by atoms with Crippen LogP contribution in [0.1, 0.15) is 0 Å². The van der Waals surface area contributed by atoms with Crippen LogP contribution in [0.5, 0.6) is 0 Å². The summed E-state index contributed by atoms with van der Waals surface area (Å²) >= 11 is 0. The molecule has 0 aromatic rings. The number of hydrogen-bond donors (Lipinski definition) is 0. The average molecular weight is 196 g/mol. The molecule has 0 rings (SSSR count). The van der Waals surface area contributed by atoms with Crippen LogP contribution in [0.25, 0.3) is 0 Å². The summed E-state index contributed by atoms with van der Waals surface area (Å²) in [5.74, 6) is -3.09. The Hall–Kier alpha value is 0.600. The van der Waals surface area contributed by atoms with E-state index in [0.29, 0.717) is 12.2 Å². The largest absolute Gasteiger partial charge is 1.00 e.